The molecule has 1 heterocycles. The Morgan fingerprint density at radius 2 is 2.17 bits per heavy atom. The van der Waals surface area contributed by atoms with Gasteiger partial charge in [-0.2, -0.15) is 5.10 Å². The molecule has 3 rings (SSSR count). The first kappa shape index (κ1) is 16.5. The largest absolute Gasteiger partial charge is 0.383 e. The lowest BCUT2D eigenvalue weighted by Crippen LogP contribution is -2.46. The van der Waals surface area contributed by atoms with E-state index in [0.717, 1.165) is 29.7 Å². The predicted octanol–water partition coefficient (Wildman–Crippen LogP) is 1.75. The van der Waals surface area contributed by atoms with Crippen LogP contribution in [-0.4, -0.2) is 27.5 Å². The van der Waals surface area contributed by atoms with Gasteiger partial charge in [0.25, 0.3) is 0 Å². The summed E-state index contributed by atoms with van der Waals surface area (Å²) in [5, 5.41) is 20.7. The third kappa shape index (κ3) is 3.28. The van der Waals surface area contributed by atoms with E-state index in [1.54, 1.807) is 10.9 Å². The summed E-state index contributed by atoms with van der Waals surface area (Å²) in [6.45, 7) is 2.59. The summed E-state index contributed by atoms with van der Waals surface area (Å²) in [5.74, 6) is 0. The third-order valence-electron chi connectivity index (χ3n) is 4.87. The number of urea groups is 1. The van der Waals surface area contributed by atoms with Gasteiger partial charge in [-0.1, -0.05) is 24.3 Å². The number of amides is 2. The second-order valence-electron chi connectivity index (χ2n) is 6.46. The van der Waals surface area contributed by atoms with Crippen molar-refractivity contribution in [2.75, 3.05) is 6.54 Å². The molecule has 1 aromatic heterocycles. The molecule has 0 radical (unpaired) electrons. The molecule has 24 heavy (non-hydrogen) atoms. The summed E-state index contributed by atoms with van der Waals surface area (Å²) in [6, 6.07) is 7.63. The second-order valence-corrected chi connectivity index (χ2v) is 6.46. The maximum atomic E-state index is 12.1. The van der Waals surface area contributed by atoms with Crippen LogP contribution in [0.1, 0.15) is 35.2 Å². The first-order chi connectivity index (χ1) is 11.5. The number of aromatic nitrogens is 2. The van der Waals surface area contributed by atoms with E-state index < -0.39 is 5.60 Å². The van der Waals surface area contributed by atoms with E-state index in [1.807, 2.05) is 38.2 Å². The van der Waals surface area contributed by atoms with Gasteiger partial charge in [-0.05, 0) is 37.3 Å². The lowest BCUT2D eigenvalue weighted by atomic mass is 9.79. The molecule has 1 atom stereocenters. The number of carbonyl (C=O) groups excluding carboxylic acids is 1. The van der Waals surface area contributed by atoms with E-state index in [4.69, 9.17) is 0 Å². The standard InChI is InChI=1S/C18H24N4O2/c1-13-15(11-21-22(13)2)10-19-17(23)20-12-18(24)9-5-7-14-6-3-4-8-16(14)18/h3-4,6,8,11,24H,5,7,9-10,12H2,1-2H3,(H2,19,20,23). The van der Waals surface area contributed by atoms with Crippen molar-refractivity contribution >= 4 is 6.03 Å². The maximum absolute atomic E-state index is 12.1. The Labute approximate surface area is 141 Å². The first-order valence-electron chi connectivity index (χ1n) is 8.29. The number of nitrogens with one attached hydrogen (secondary N) is 2. The summed E-state index contributed by atoms with van der Waals surface area (Å²) in [4.78, 5) is 12.1. The van der Waals surface area contributed by atoms with Crippen LogP contribution in [0.3, 0.4) is 0 Å². The quantitative estimate of drug-likeness (QED) is 0.800. The van der Waals surface area contributed by atoms with Crippen LogP contribution < -0.4 is 10.6 Å². The predicted molar refractivity (Wildman–Crippen MR) is 91.5 cm³/mol. The topological polar surface area (TPSA) is 79.2 Å². The number of aryl methyl sites for hydroxylation is 2. The normalized spacial score (nSPS) is 19.6. The zero-order valence-corrected chi connectivity index (χ0v) is 14.2. The van der Waals surface area contributed by atoms with E-state index in [1.165, 1.54) is 5.56 Å². The third-order valence-corrected chi connectivity index (χ3v) is 4.87. The van der Waals surface area contributed by atoms with Crippen LogP contribution in [0.15, 0.2) is 30.5 Å². The van der Waals surface area contributed by atoms with Crippen LogP contribution >= 0.6 is 0 Å². The summed E-state index contributed by atoms with van der Waals surface area (Å²) in [7, 11) is 1.87. The number of hydrogen-bond donors (Lipinski definition) is 3. The van der Waals surface area contributed by atoms with Gasteiger partial charge in [-0.3, -0.25) is 4.68 Å². The summed E-state index contributed by atoms with van der Waals surface area (Å²) in [5.41, 5.74) is 3.11. The summed E-state index contributed by atoms with van der Waals surface area (Å²) in [6.07, 6.45) is 4.31. The van der Waals surface area contributed by atoms with Crippen LogP contribution in [0.2, 0.25) is 0 Å². The average molecular weight is 328 g/mol. The lowest BCUT2D eigenvalue weighted by Gasteiger charge is -2.34. The van der Waals surface area contributed by atoms with Gasteiger partial charge >= 0.3 is 6.03 Å². The maximum Gasteiger partial charge on any atom is 0.315 e. The van der Waals surface area contributed by atoms with Gasteiger partial charge in [-0.25, -0.2) is 4.79 Å². The summed E-state index contributed by atoms with van der Waals surface area (Å²) < 4.78 is 1.77. The molecule has 3 N–H and O–H groups in total. The number of aliphatic hydroxyl groups is 1. The van der Waals surface area contributed by atoms with Crippen molar-refractivity contribution in [2.24, 2.45) is 7.05 Å². The van der Waals surface area contributed by atoms with Crippen LogP contribution in [0, 0.1) is 6.92 Å². The monoisotopic (exact) mass is 328 g/mol. The molecular formula is C18H24N4O2. The molecule has 0 aliphatic heterocycles. The molecular weight excluding hydrogens is 304 g/mol. The van der Waals surface area contributed by atoms with E-state index in [9.17, 15) is 9.90 Å². The highest BCUT2D eigenvalue weighted by molar-refractivity contribution is 5.74. The van der Waals surface area contributed by atoms with Crippen molar-refractivity contribution in [3.63, 3.8) is 0 Å². The lowest BCUT2D eigenvalue weighted by molar-refractivity contribution is 0.0217. The van der Waals surface area contributed by atoms with Gasteiger partial charge in [0, 0.05) is 24.8 Å². The number of fused-ring (bicyclic) bond motifs is 1. The molecule has 0 saturated heterocycles. The molecule has 1 aromatic carbocycles. The molecule has 0 bridgehead atoms. The van der Waals surface area contributed by atoms with Crippen molar-refractivity contribution in [1.82, 2.24) is 20.4 Å². The number of nitrogens with zero attached hydrogens (tertiary/aromatic N) is 2. The van der Waals surface area contributed by atoms with Crippen LogP contribution in [0.4, 0.5) is 4.79 Å². The zero-order valence-electron chi connectivity index (χ0n) is 14.2. The molecule has 128 valence electrons. The van der Waals surface area contributed by atoms with E-state index in [2.05, 4.69) is 15.7 Å². The fourth-order valence-corrected chi connectivity index (χ4v) is 3.26. The van der Waals surface area contributed by atoms with Gasteiger partial charge < -0.3 is 15.7 Å². The van der Waals surface area contributed by atoms with Crippen molar-refractivity contribution < 1.29 is 9.90 Å². The minimum absolute atomic E-state index is 0.210. The Morgan fingerprint density at radius 1 is 1.38 bits per heavy atom. The van der Waals surface area contributed by atoms with Gasteiger partial charge in [0.05, 0.1) is 12.7 Å². The average Bonchev–Trinajstić information content (AvgIpc) is 2.91. The second kappa shape index (κ2) is 6.65. The molecule has 6 nitrogen and oxygen atoms in total. The van der Waals surface area contributed by atoms with Crippen LogP contribution in [0.5, 0.6) is 0 Å². The number of carbonyl (C=O) groups is 1. The Balaban J connectivity index is 1.57. The van der Waals surface area contributed by atoms with Gasteiger partial charge in [0.15, 0.2) is 0 Å². The Kier molecular flexibility index (Phi) is 4.57. The first-order valence-corrected chi connectivity index (χ1v) is 8.29. The number of rotatable bonds is 4. The molecule has 2 aromatic rings. The number of hydrogen-bond acceptors (Lipinski definition) is 3. The van der Waals surface area contributed by atoms with Gasteiger partial charge in [0.2, 0.25) is 0 Å². The molecule has 0 fully saturated rings. The summed E-state index contributed by atoms with van der Waals surface area (Å²) >= 11 is 0. The fraction of sp³-hybridized carbons (Fsp3) is 0.444. The molecule has 6 heteroatoms. The Hall–Kier alpha value is -2.34. The van der Waals surface area contributed by atoms with Gasteiger partial charge in [-0.15, -0.1) is 0 Å². The molecule has 1 aliphatic carbocycles. The molecule has 2 amide bonds. The smallest absolute Gasteiger partial charge is 0.315 e. The van der Waals surface area contributed by atoms with Crippen molar-refractivity contribution in [3.05, 3.63) is 52.8 Å². The van der Waals surface area contributed by atoms with Crippen LogP contribution in [-0.2, 0) is 25.6 Å². The number of benzene rings is 1. The van der Waals surface area contributed by atoms with Crippen molar-refractivity contribution in [1.29, 1.82) is 0 Å². The van der Waals surface area contributed by atoms with E-state index in [-0.39, 0.29) is 12.6 Å². The van der Waals surface area contributed by atoms with Gasteiger partial charge in [0.1, 0.15) is 5.60 Å². The minimum atomic E-state index is -0.990. The zero-order chi connectivity index (χ0) is 17.2. The molecule has 0 spiro atoms. The Morgan fingerprint density at radius 3 is 2.92 bits per heavy atom. The van der Waals surface area contributed by atoms with Crippen molar-refractivity contribution in [2.45, 2.75) is 38.3 Å². The molecule has 1 unspecified atom stereocenters. The highest BCUT2D eigenvalue weighted by Gasteiger charge is 2.34. The highest BCUT2D eigenvalue weighted by atomic mass is 16.3. The minimum Gasteiger partial charge on any atom is -0.383 e. The fourth-order valence-electron chi connectivity index (χ4n) is 3.26. The van der Waals surface area contributed by atoms with Crippen LogP contribution in [0.25, 0.3) is 0 Å². The van der Waals surface area contributed by atoms with E-state index in [0.29, 0.717) is 13.0 Å². The Bertz CT molecular complexity index is 740. The molecule has 0 saturated carbocycles. The van der Waals surface area contributed by atoms with Crippen molar-refractivity contribution in [3.8, 4) is 0 Å². The highest BCUT2D eigenvalue weighted by Crippen LogP contribution is 2.34. The SMILES string of the molecule is Cc1c(CNC(=O)NCC2(O)CCCc3ccccc32)cnn1C. The molecule has 1 aliphatic rings. The van der Waals surface area contributed by atoms with E-state index >= 15 is 0 Å².